The van der Waals surface area contributed by atoms with Crippen LogP contribution in [0.4, 0.5) is 10.5 Å². The van der Waals surface area contributed by atoms with Crippen molar-refractivity contribution in [2.45, 2.75) is 33.2 Å². The molecule has 0 fully saturated rings. The predicted molar refractivity (Wildman–Crippen MR) is 79.3 cm³/mol. The molecule has 20 heavy (non-hydrogen) atoms. The molecule has 2 amide bonds. The molecule has 1 aromatic carbocycles. The molecule has 1 rings (SSSR count). The van der Waals surface area contributed by atoms with Crippen LogP contribution in [0.1, 0.15) is 26.3 Å². The number of aliphatic carboxylic acids is 1. The van der Waals surface area contributed by atoms with Gasteiger partial charge in [0, 0.05) is 17.3 Å². The fourth-order valence-electron chi connectivity index (χ4n) is 1.77. The lowest BCUT2D eigenvalue weighted by molar-refractivity contribution is -0.147. The van der Waals surface area contributed by atoms with Crippen LogP contribution in [-0.2, 0) is 4.79 Å². The Bertz CT molecular complexity index is 529. The molecule has 1 aromatic rings. The van der Waals surface area contributed by atoms with Gasteiger partial charge in [-0.2, -0.15) is 0 Å². The van der Waals surface area contributed by atoms with E-state index in [9.17, 15) is 14.7 Å². The summed E-state index contributed by atoms with van der Waals surface area (Å²) >= 11 is 5.99. The summed E-state index contributed by atoms with van der Waals surface area (Å²) in [5.74, 6) is -1.06. The number of aryl methyl sites for hydroxylation is 1. The van der Waals surface area contributed by atoms with Gasteiger partial charge in [0.25, 0.3) is 0 Å². The van der Waals surface area contributed by atoms with Crippen molar-refractivity contribution in [3.05, 3.63) is 28.8 Å². The molecule has 0 radical (unpaired) electrons. The maximum absolute atomic E-state index is 12.2. The lowest BCUT2D eigenvalue weighted by Gasteiger charge is -2.34. The number of carbonyl (C=O) groups is 2. The minimum absolute atomic E-state index is 0.282. The summed E-state index contributed by atoms with van der Waals surface area (Å²) < 4.78 is 0. The zero-order valence-electron chi connectivity index (χ0n) is 12.0. The van der Waals surface area contributed by atoms with E-state index in [1.165, 1.54) is 18.7 Å². The number of nitrogens with zero attached hydrogens (tertiary/aromatic N) is 1. The Morgan fingerprint density at radius 2 is 2.00 bits per heavy atom. The quantitative estimate of drug-likeness (QED) is 0.895. The van der Waals surface area contributed by atoms with Crippen molar-refractivity contribution in [2.75, 3.05) is 11.9 Å². The van der Waals surface area contributed by atoms with E-state index in [0.717, 1.165) is 5.56 Å². The summed E-state index contributed by atoms with van der Waals surface area (Å²) in [5.41, 5.74) is 0.154. The molecule has 0 spiro atoms. The predicted octanol–water partition coefficient (Wildman–Crippen LogP) is 3.37. The van der Waals surface area contributed by atoms with E-state index < -0.39 is 17.5 Å². The van der Waals surface area contributed by atoms with Gasteiger partial charge in [-0.1, -0.05) is 17.7 Å². The Balaban J connectivity index is 2.93. The number of benzene rings is 1. The summed E-state index contributed by atoms with van der Waals surface area (Å²) in [4.78, 5) is 24.7. The van der Waals surface area contributed by atoms with Crippen molar-refractivity contribution in [3.8, 4) is 0 Å². The highest BCUT2D eigenvalue weighted by atomic mass is 35.5. The molecule has 0 atom stereocenters. The molecule has 110 valence electrons. The smallest absolute Gasteiger partial charge is 0.329 e. The SMILES string of the molecule is CCN(C(=O)Nc1ccc(C)c(Cl)c1)C(C)(C)C(=O)O. The first-order valence-corrected chi connectivity index (χ1v) is 6.66. The molecular formula is C14H19ClN2O3. The number of likely N-dealkylation sites (N-methyl/N-ethyl adjacent to an activating group) is 1. The Labute approximate surface area is 123 Å². The first-order chi connectivity index (χ1) is 9.20. The summed E-state index contributed by atoms with van der Waals surface area (Å²) in [6, 6.07) is 4.67. The Morgan fingerprint density at radius 1 is 1.40 bits per heavy atom. The molecule has 0 aromatic heterocycles. The molecule has 0 aliphatic carbocycles. The van der Waals surface area contributed by atoms with Crippen LogP contribution in [0, 0.1) is 6.92 Å². The van der Waals surface area contributed by atoms with Crippen LogP contribution in [0.5, 0.6) is 0 Å². The van der Waals surface area contributed by atoms with Crippen molar-refractivity contribution in [1.82, 2.24) is 4.90 Å². The van der Waals surface area contributed by atoms with E-state index >= 15 is 0 Å². The maximum atomic E-state index is 12.2. The molecule has 0 bridgehead atoms. The minimum atomic E-state index is -1.28. The summed E-state index contributed by atoms with van der Waals surface area (Å²) in [7, 11) is 0. The lowest BCUT2D eigenvalue weighted by Crippen LogP contribution is -2.54. The first-order valence-electron chi connectivity index (χ1n) is 6.28. The second-order valence-electron chi connectivity index (χ2n) is 5.00. The van der Waals surface area contributed by atoms with E-state index in [0.29, 0.717) is 10.7 Å². The fraction of sp³-hybridized carbons (Fsp3) is 0.429. The average molecular weight is 299 g/mol. The second kappa shape index (κ2) is 6.13. The van der Waals surface area contributed by atoms with E-state index in [4.69, 9.17) is 11.6 Å². The number of urea groups is 1. The molecule has 0 unspecified atom stereocenters. The number of carbonyl (C=O) groups excluding carboxylic acids is 1. The maximum Gasteiger partial charge on any atom is 0.329 e. The highest BCUT2D eigenvalue weighted by Crippen LogP contribution is 2.21. The number of halogens is 1. The minimum Gasteiger partial charge on any atom is -0.480 e. The average Bonchev–Trinajstić information content (AvgIpc) is 2.34. The zero-order chi connectivity index (χ0) is 15.5. The third-order valence-electron chi connectivity index (χ3n) is 3.18. The molecule has 0 saturated carbocycles. The third-order valence-corrected chi connectivity index (χ3v) is 3.59. The van der Waals surface area contributed by atoms with Crippen molar-refractivity contribution in [3.63, 3.8) is 0 Å². The molecule has 0 aliphatic heterocycles. The number of nitrogens with one attached hydrogen (secondary N) is 1. The molecule has 0 aliphatic rings. The molecule has 0 heterocycles. The second-order valence-corrected chi connectivity index (χ2v) is 5.41. The molecule has 5 nitrogen and oxygen atoms in total. The number of carboxylic acid groups (broad SMARTS) is 1. The van der Waals surface area contributed by atoms with Crippen LogP contribution in [0.2, 0.25) is 5.02 Å². The van der Waals surface area contributed by atoms with Gasteiger partial charge in [0.2, 0.25) is 0 Å². The van der Waals surface area contributed by atoms with Crippen LogP contribution in [0.3, 0.4) is 0 Å². The van der Waals surface area contributed by atoms with Crippen molar-refractivity contribution in [1.29, 1.82) is 0 Å². The van der Waals surface area contributed by atoms with Crippen molar-refractivity contribution >= 4 is 29.3 Å². The zero-order valence-corrected chi connectivity index (χ0v) is 12.8. The van der Waals surface area contributed by atoms with E-state index in [1.807, 2.05) is 6.92 Å². The van der Waals surface area contributed by atoms with E-state index in [2.05, 4.69) is 5.32 Å². The number of rotatable bonds is 4. The van der Waals surface area contributed by atoms with Gasteiger partial charge in [-0.25, -0.2) is 9.59 Å². The Hall–Kier alpha value is -1.75. The van der Waals surface area contributed by atoms with Gasteiger partial charge in [-0.05, 0) is 45.4 Å². The van der Waals surface area contributed by atoms with Gasteiger partial charge in [0.15, 0.2) is 0 Å². The van der Waals surface area contributed by atoms with E-state index in [-0.39, 0.29) is 6.54 Å². The lowest BCUT2D eigenvalue weighted by atomic mass is 10.0. The molecule has 0 saturated heterocycles. The number of hydrogen-bond acceptors (Lipinski definition) is 2. The van der Waals surface area contributed by atoms with Gasteiger partial charge in [0.05, 0.1) is 0 Å². The van der Waals surface area contributed by atoms with Crippen LogP contribution in [-0.4, -0.2) is 34.1 Å². The largest absolute Gasteiger partial charge is 0.480 e. The normalized spacial score (nSPS) is 11.1. The molecular weight excluding hydrogens is 280 g/mol. The van der Waals surface area contributed by atoms with Crippen molar-refractivity contribution < 1.29 is 14.7 Å². The van der Waals surface area contributed by atoms with Crippen LogP contribution in [0.25, 0.3) is 0 Å². The van der Waals surface area contributed by atoms with Gasteiger partial charge in [0.1, 0.15) is 5.54 Å². The number of amides is 2. The van der Waals surface area contributed by atoms with Crippen molar-refractivity contribution in [2.24, 2.45) is 0 Å². The fourth-order valence-corrected chi connectivity index (χ4v) is 1.95. The number of anilines is 1. The van der Waals surface area contributed by atoms with Gasteiger partial charge < -0.3 is 15.3 Å². The monoisotopic (exact) mass is 298 g/mol. The highest BCUT2D eigenvalue weighted by Gasteiger charge is 2.36. The Kier molecular flexibility index (Phi) is 5.00. The van der Waals surface area contributed by atoms with E-state index in [1.54, 1.807) is 25.1 Å². The molecule has 6 heteroatoms. The van der Waals surface area contributed by atoms with Crippen LogP contribution < -0.4 is 5.32 Å². The summed E-state index contributed by atoms with van der Waals surface area (Å²) in [6.45, 7) is 6.85. The highest BCUT2D eigenvalue weighted by molar-refractivity contribution is 6.31. The number of carboxylic acids is 1. The third kappa shape index (κ3) is 3.42. The van der Waals surface area contributed by atoms with Gasteiger partial charge in [-0.15, -0.1) is 0 Å². The Morgan fingerprint density at radius 3 is 2.45 bits per heavy atom. The first kappa shape index (κ1) is 16.3. The summed E-state index contributed by atoms with van der Waals surface area (Å²) in [6.07, 6.45) is 0. The van der Waals surface area contributed by atoms with Crippen LogP contribution >= 0.6 is 11.6 Å². The van der Waals surface area contributed by atoms with Crippen LogP contribution in [0.15, 0.2) is 18.2 Å². The molecule has 2 N–H and O–H groups in total. The van der Waals surface area contributed by atoms with Gasteiger partial charge >= 0.3 is 12.0 Å². The summed E-state index contributed by atoms with van der Waals surface area (Å²) in [5, 5.41) is 12.4. The van der Waals surface area contributed by atoms with Gasteiger partial charge in [-0.3, -0.25) is 0 Å². The topological polar surface area (TPSA) is 69.6 Å². The number of hydrogen-bond donors (Lipinski definition) is 2. The standard InChI is InChI=1S/C14H19ClN2O3/c1-5-17(14(3,4)12(18)19)13(20)16-10-7-6-9(2)11(15)8-10/h6-8H,5H2,1-4H3,(H,16,20)(H,18,19).